The first-order chi connectivity index (χ1) is 6.65. The van der Waals surface area contributed by atoms with Gasteiger partial charge in [0.05, 0.1) is 0 Å². The first-order valence-electron chi connectivity index (χ1n) is 4.74. The number of nitrogens with one attached hydrogen (secondary N) is 3. The number of hydrogen-bond donors (Lipinski definition) is 3. The molecule has 1 saturated carbocycles. The minimum atomic E-state index is -0.432. The smallest absolute Gasteiger partial charge is 0.315 e. The van der Waals surface area contributed by atoms with Crippen molar-refractivity contribution in [1.82, 2.24) is 21.1 Å². The molecule has 0 aromatic carbocycles. The molecule has 2 aliphatic rings. The van der Waals surface area contributed by atoms with Crippen LogP contribution in [0.15, 0.2) is 0 Å². The summed E-state index contributed by atoms with van der Waals surface area (Å²) in [7, 11) is 1.76. The van der Waals surface area contributed by atoms with Crippen molar-refractivity contribution in [2.45, 2.75) is 24.9 Å². The second-order valence-corrected chi connectivity index (χ2v) is 3.80. The highest BCUT2D eigenvalue weighted by molar-refractivity contribution is 5.88. The molecule has 3 amide bonds. The normalized spacial score (nSPS) is 27.2. The number of rotatable bonds is 2. The first kappa shape index (κ1) is 9.26. The van der Waals surface area contributed by atoms with E-state index < -0.39 is 6.04 Å². The van der Waals surface area contributed by atoms with E-state index in [9.17, 15) is 9.59 Å². The maximum Gasteiger partial charge on any atom is 0.315 e. The lowest BCUT2D eigenvalue weighted by Gasteiger charge is -2.10. The zero-order valence-corrected chi connectivity index (χ0v) is 8.04. The number of urea groups is 1. The summed E-state index contributed by atoms with van der Waals surface area (Å²) in [6.07, 6.45) is 2.09. The Kier molecular flexibility index (Phi) is 2.28. The summed E-state index contributed by atoms with van der Waals surface area (Å²) < 4.78 is 0. The molecule has 14 heavy (non-hydrogen) atoms. The van der Waals surface area contributed by atoms with Crippen LogP contribution in [0, 0.1) is 0 Å². The van der Waals surface area contributed by atoms with Gasteiger partial charge in [0.15, 0.2) is 0 Å². The average molecular weight is 198 g/mol. The SMILES string of the molecule is CN1CC(NC(=O)NC2CC2)C(=O)N1. The molecule has 1 aliphatic carbocycles. The molecule has 1 unspecified atom stereocenters. The van der Waals surface area contributed by atoms with Crippen LogP contribution >= 0.6 is 0 Å². The van der Waals surface area contributed by atoms with Crippen molar-refractivity contribution >= 4 is 11.9 Å². The largest absolute Gasteiger partial charge is 0.335 e. The summed E-state index contributed by atoms with van der Waals surface area (Å²) in [6.45, 7) is 0.511. The Hall–Kier alpha value is -1.30. The van der Waals surface area contributed by atoms with Gasteiger partial charge in [-0.2, -0.15) is 0 Å². The molecule has 3 N–H and O–H groups in total. The zero-order chi connectivity index (χ0) is 10.1. The molecule has 1 heterocycles. The van der Waals surface area contributed by atoms with Crippen LogP contribution in [-0.4, -0.2) is 42.6 Å². The van der Waals surface area contributed by atoms with Gasteiger partial charge in [0.25, 0.3) is 5.91 Å². The van der Waals surface area contributed by atoms with Gasteiger partial charge < -0.3 is 10.6 Å². The zero-order valence-electron chi connectivity index (χ0n) is 8.04. The van der Waals surface area contributed by atoms with E-state index in [2.05, 4.69) is 16.1 Å². The van der Waals surface area contributed by atoms with Gasteiger partial charge >= 0.3 is 6.03 Å². The predicted molar refractivity (Wildman–Crippen MR) is 49.3 cm³/mol. The van der Waals surface area contributed by atoms with Crippen LogP contribution in [0.2, 0.25) is 0 Å². The number of hydrazine groups is 1. The number of likely N-dealkylation sites (N-methyl/N-ethyl adjacent to an activating group) is 1. The summed E-state index contributed by atoms with van der Waals surface area (Å²) in [6, 6.07) is -0.362. The van der Waals surface area contributed by atoms with Crippen molar-refractivity contribution < 1.29 is 9.59 Å². The number of hydrogen-bond acceptors (Lipinski definition) is 3. The van der Waals surface area contributed by atoms with Crippen molar-refractivity contribution in [3.63, 3.8) is 0 Å². The van der Waals surface area contributed by atoms with Gasteiger partial charge in [0.1, 0.15) is 6.04 Å². The summed E-state index contributed by atoms with van der Waals surface area (Å²) in [5.74, 6) is -0.154. The molecular weight excluding hydrogens is 184 g/mol. The number of carbonyl (C=O) groups is 2. The molecule has 78 valence electrons. The van der Waals surface area contributed by atoms with Crippen molar-refractivity contribution in [3.05, 3.63) is 0 Å². The van der Waals surface area contributed by atoms with E-state index >= 15 is 0 Å². The number of amides is 3. The Bertz CT molecular complexity index is 264. The topological polar surface area (TPSA) is 73.5 Å². The fourth-order valence-corrected chi connectivity index (χ4v) is 1.39. The maximum atomic E-state index is 11.3. The molecule has 2 fully saturated rings. The van der Waals surface area contributed by atoms with Crippen molar-refractivity contribution in [2.75, 3.05) is 13.6 Å². The fraction of sp³-hybridized carbons (Fsp3) is 0.750. The number of nitrogens with zero attached hydrogens (tertiary/aromatic N) is 1. The summed E-state index contributed by atoms with van der Waals surface area (Å²) in [5, 5.41) is 7.05. The van der Waals surface area contributed by atoms with Crippen LogP contribution in [0.3, 0.4) is 0 Å². The van der Waals surface area contributed by atoms with Crippen LogP contribution in [0.25, 0.3) is 0 Å². The summed E-state index contributed by atoms with van der Waals surface area (Å²) in [4.78, 5) is 22.5. The van der Waals surface area contributed by atoms with Crippen molar-refractivity contribution in [2.24, 2.45) is 0 Å². The Labute approximate surface area is 82.0 Å². The van der Waals surface area contributed by atoms with E-state index in [-0.39, 0.29) is 11.9 Å². The van der Waals surface area contributed by atoms with Gasteiger partial charge in [-0.25, -0.2) is 9.80 Å². The van der Waals surface area contributed by atoms with Gasteiger partial charge in [-0.3, -0.25) is 10.2 Å². The van der Waals surface area contributed by atoms with Crippen LogP contribution in [-0.2, 0) is 4.79 Å². The second kappa shape index (κ2) is 3.45. The monoisotopic (exact) mass is 198 g/mol. The first-order valence-corrected chi connectivity index (χ1v) is 4.74. The van der Waals surface area contributed by atoms with E-state index in [0.717, 1.165) is 12.8 Å². The van der Waals surface area contributed by atoms with Crippen molar-refractivity contribution in [3.8, 4) is 0 Å². The summed E-state index contributed by atoms with van der Waals surface area (Å²) in [5.41, 5.74) is 2.59. The molecule has 0 spiro atoms. The van der Waals surface area contributed by atoms with Gasteiger partial charge in [0.2, 0.25) is 0 Å². The molecule has 6 nitrogen and oxygen atoms in total. The lowest BCUT2D eigenvalue weighted by Crippen LogP contribution is -2.47. The maximum absolute atomic E-state index is 11.3. The Morgan fingerprint density at radius 1 is 1.50 bits per heavy atom. The summed E-state index contributed by atoms with van der Waals surface area (Å²) >= 11 is 0. The molecule has 6 heteroatoms. The third kappa shape index (κ3) is 2.14. The van der Waals surface area contributed by atoms with Gasteiger partial charge in [-0.05, 0) is 12.8 Å². The highest BCUT2D eigenvalue weighted by Crippen LogP contribution is 2.18. The van der Waals surface area contributed by atoms with E-state index in [0.29, 0.717) is 12.6 Å². The molecule has 1 saturated heterocycles. The molecule has 0 bridgehead atoms. The van der Waals surface area contributed by atoms with E-state index in [4.69, 9.17) is 0 Å². The lowest BCUT2D eigenvalue weighted by molar-refractivity contribution is -0.122. The van der Waals surface area contributed by atoms with Gasteiger partial charge in [0, 0.05) is 19.6 Å². The molecular formula is C8H14N4O2. The molecule has 0 radical (unpaired) electrons. The fourth-order valence-electron chi connectivity index (χ4n) is 1.39. The third-order valence-electron chi connectivity index (χ3n) is 2.29. The quantitative estimate of drug-likeness (QED) is 0.521. The highest BCUT2D eigenvalue weighted by atomic mass is 16.2. The average Bonchev–Trinajstić information content (AvgIpc) is 2.81. The van der Waals surface area contributed by atoms with Crippen LogP contribution < -0.4 is 16.1 Å². The third-order valence-corrected chi connectivity index (χ3v) is 2.29. The van der Waals surface area contributed by atoms with E-state index in [1.54, 1.807) is 12.1 Å². The van der Waals surface area contributed by atoms with E-state index in [1.807, 2.05) is 0 Å². The van der Waals surface area contributed by atoms with Crippen LogP contribution in [0.5, 0.6) is 0 Å². The minimum absolute atomic E-state index is 0.154. The molecule has 2 rings (SSSR count). The van der Waals surface area contributed by atoms with Crippen LogP contribution in [0.1, 0.15) is 12.8 Å². The predicted octanol–water partition coefficient (Wildman–Crippen LogP) is -1.21. The van der Waals surface area contributed by atoms with Gasteiger partial charge in [-0.15, -0.1) is 0 Å². The Morgan fingerprint density at radius 3 is 2.71 bits per heavy atom. The van der Waals surface area contributed by atoms with Crippen molar-refractivity contribution in [1.29, 1.82) is 0 Å². The lowest BCUT2D eigenvalue weighted by atomic mass is 10.3. The molecule has 0 aromatic heterocycles. The minimum Gasteiger partial charge on any atom is -0.335 e. The highest BCUT2D eigenvalue weighted by Gasteiger charge is 2.31. The molecule has 0 aromatic rings. The van der Waals surface area contributed by atoms with Crippen LogP contribution in [0.4, 0.5) is 4.79 Å². The van der Waals surface area contributed by atoms with Gasteiger partial charge in [-0.1, -0.05) is 0 Å². The Morgan fingerprint density at radius 2 is 2.21 bits per heavy atom. The molecule has 1 aliphatic heterocycles. The standard InChI is InChI=1S/C8H14N4O2/c1-12-4-6(7(13)11-12)10-8(14)9-5-2-3-5/h5-6H,2-4H2,1H3,(H,11,13)(H2,9,10,14). The van der Waals surface area contributed by atoms with E-state index in [1.165, 1.54) is 0 Å². The molecule has 1 atom stereocenters. The number of carbonyl (C=O) groups excluding carboxylic acids is 2. The second-order valence-electron chi connectivity index (χ2n) is 3.80. The Balaban J connectivity index is 1.78.